The van der Waals surface area contributed by atoms with Crippen molar-refractivity contribution in [1.82, 2.24) is 9.80 Å². The Kier molecular flexibility index (Phi) is 6.01. The number of hydrogen-bond acceptors (Lipinski definition) is 4. The molecule has 2 aliphatic rings. The van der Waals surface area contributed by atoms with E-state index in [1.165, 1.54) is 0 Å². The van der Waals surface area contributed by atoms with Crippen LogP contribution in [0.15, 0.2) is 24.3 Å². The first-order valence-electron chi connectivity index (χ1n) is 9.55. The molecule has 2 saturated heterocycles. The fraction of sp³-hybridized carbons (Fsp3) is 0.600. The Hall–Kier alpha value is -2.24. The summed E-state index contributed by atoms with van der Waals surface area (Å²) in [6, 6.07) is 8.18. The van der Waals surface area contributed by atoms with E-state index in [0.717, 1.165) is 50.5 Å². The molecule has 2 aliphatic heterocycles. The van der Waals surface area contributed by atoms with Gasteiger partial charge in [-0.2, -0.15) is 0 Å². The molecule has 2 amide bonds. The number of methoxy groups -OCH3 is 1. The predicted octanol–water partition coefficient (Wildman–Crippen LogP) is 2.13. The number of likely N-dealkylation sites (tertiary alicyclic amines) is 1. The van der Waals surface area contributed by atoms with Crippen LogP contribution >= 0.6 is 0 Å². The largest absolute Gasteiger partial charge is 0.495 e. The molecule has 0 saturated carbocycles. The van der Waals surface area contributed by atoms with Gasteiger partial charge in [0, 0.05) is 51.6 Å². The van der Waals surface area contributed by atoms with Gasteiger partial charge in [0.05, 0.1) is 12.8 Å². The molecule has 3 rings (SSSR count). The molecule has 0 unspecified atom stereocenters. The van der Waals surface area contributed by atoms with E-state index >= 15 is 0 Å². The SMILES string of the molecule is COc1ccccc1N1CCN(C(=O)CCCN2CCCC2=O)[C@@H](C)C1. The van der Waals surface area contributed by atoms with Crippen LogP contribution in [0.4, 0.5) is 5.69 Å². The maximum absolute atomic E-state index is 12.6. The van der Waals surface area contributed by atoms with Gasteiger partial charge in [0.1, 0.15) is 5.75 Å². The molecule has 2 heterocycles. The predicted molar refractivity (Wildman–Crippen MR) is 101 cm³/mol. The highest BCUT2D eigenvalue weighted by atomic mass is 16.5. The first kappa shape index (κ1) is 18.5. The van der Waals surface area contributed by atoms with E-state index in [4.69, 9.17) is 4.74 Å². The van der Waals surface area contributed by atoms with Crippen molar-refractivity contribution < 1.29 is 14.3 Å². The molecular formula is C20H29N3O3. The minimum atomic E-state index is 0.162. The zero-order valence-corrected chi connectivity index (χ0v) is 15.8. The maximum atomic E-state index is 12.6. The van der Waals surface area contributed by atoms with E-state index in [1.807, 2.05) is 28.0 Å². The average Bonchev–Trinajstić information content (AvgIpc) is 3.06. The highest BCUT2D eigenvalue weighted by Crippen LogP contribution is 2.29. The van der Waals surface area contributed by atoms with Gasteiger partial charge in [-0.05, 0) is 31.9 Å². The first-order valence-corrected chi connectivity index (χ1v) is 9.55. The number of piperazine rings is 1. The smallest absolute Gasteiger partial charge is 0.222 e. The van der Waals surface area contributed by atoms with Gasteiger partial charge in [0.15, 0.2) is 0 Å². The molecule has 0 aromatic heterocycles. The van der Waals surface area contributed by atoms with Crippen molar-refractivity contribution >= 4 is 17.5 Å². The number of rotatable bonds is 6. The quantitative estimate of drug-likeness (QED) is 0.781. The van der Waals surface area contributed by atoms with Crippen LogP contribution in [0.2, 0.25) is 0 Å². The molecule has 1 atom stereocenters. The van der Waals surface area contributed by atoms with E-state index in [9.17, 15) is 9.59 Å². The number of nitrogens with zero attached hydrogens (tertiary/aromatic N) is 3. The summed E-state index contributed by atoms with van der Waals surface area (Å²) in [5.41, 5.74) is 1.08. The molecule has 6 nitrogen and oxygen atoms in total. The summed E-state index contributed by atoms with van der Waals surface area (Å²) in [4.78, 5) is 30.4. The second-order valence-corrected chi connectivity index (χ2v) is 7.14. The molecule has 1 aromatic rings. The van der Waals surface area contributed by atoms with Crippen LogP contribution < -0.4 is 9.64 Å². The monoisotopic (exact) mass is 359 g/mol. The minimum absolute atomic E-state index is 0.162. The van der Waals surface area contributed by atoms with Crippen molar-refractivity contribution in [2.45, 2.75) is 38.6 Å². The Morgan fingerprint density at radius 3 is 2.73 bits per heavy atom. The number of amides is 2. The van der Waals surface area contributed by atoms with Crippen LogP contribution in [0, 0.1) is 0 Å². The average molecular weight is 359 g/mol. The highest BCUT2D eigenvalue weighted by molar-refractivity contribution is 5.79. The molecule has 2 fully saturated rings. The van der Waals surface area contributed by atoms with Crippen LogP contribution in [0.3, 0.4) is 0 Å². The molecule has 26 heavy (non-hydrogen) atoms. The van der Waals surface area contributed by atoms with Gasteiger partial charge in [0.25, 0.3) is 0 Å². The zero-order chi connectivity index (χ0) is 18.5. The number of para-hydroxylation sites is 2. The summed E-state index contributed by atoms with van der Waals surface area (Å²) in [7, 11) is 1.69. The number of hydrogen-bond donors (Lipinski definition) is 0. The van der Waals surface area contributed by atoms with Crippen LogP contribution in [-0.2, 0) is 9.59 Å². The molecule has 1 aromatic carbocycles. The van der Waals surface area contributed by atoms with Crippen molar-refractivity contribution in [2.75, 3.05) is 44.7 Å². The van der Waals surface area contributed by atoms with Crippen molar-refractivity contribution in [2.24, 2.45) is 0 Å². The van der Waals surface area contributed by atoms with E-state index in [1.54, 1.807) is 7.11 Å². The third-order valence-corrected chi connectivity index (χ3v) is 5.36. The summed E-state index contributed by atoms with van der Waals surface area (Å²) in [5.74, 6) is 1.30. The summed E-state index contributed by atoms with van der Waals surface area (Å²) < 4.78 is 5.46. The third-order valence-electron chi connectivity index (χ3n) is 5.36. The van der Waals surface area contributed by atoms with E-state index < -0.39 is 0 Å². The van der Waals surface area contributed by atoms with Crippen LogP contribution in [0.1, 0.15) is 32.6 Å². The Balaban J connectivity index is 1.50. The highest BCUT2D eigenvalue weighted by Gasteiger charge is 2.28. The lowest BCUT2D eigenvalue weighted by Gasteiger charge is -2.41. The van der Waals surface area contributed by atoms with Crippen molar-refractivity contribution in [3.05, 3.63) is 24.3 Å². The number of carbonyl (C=O) groups excluding carboxylic acids is 2. The molecule has 0 N–H and O–H groups in total. The van der Waals surface area contributed by atoms with E-state index in [2.05, 4.69) is 17.9 Å². The lowest BCUT2D eigenvalue weighted by Crippen LogP contribution is -2.54. The molecule has 0 bridgehead atoms. The molecule has 0 spiro atoms. The van der Waals surface area contributed by atoms with Gasteiger partial charge in [-0.25, -0.2) is 0 Å². The number of anilines is 1. The fourth-order valence-corrected chi connectivity index (χ4v) is 3.94. The summed E-state index contributed by atoms with van der Waals surface area (Å²) in [6.07, 6.45) is 2.89. The van der Waals surface area contributed by atoms with E-state index in [-0.39, 0.29) is 17.9 Å². The standard InChI is InChI=1S/C20H29N3O3/c1-16-15-22(17-7-3-4-8-18(17)26-2)13-14-23(16)20(25)10-6-12-21-11-5-9-19(21)24/h3-4,7-8,16H,5-6,9-15H2,1-2H3/t16-/m0/s1. The normalized spacial score (nSPS) is 20.6. The molecular weight excluding hydrogens is 330 g/mol. The zero-order valence-electron chi connectivity index (χ0n) is 15.8. The van der Waals surface area contributed by atoms with Gasteiger partial charge < -0.3 is 19.4 Å². The number of carbonyl (C=O) groups is 2. The minimum Gasteiger partial charge on any atom is -0.495 e. The molecule has 0 aliphatic carbocycles. The number of ether oxygens (including phenoxy) is 1. The molecule has 142 valence electrons. The second-order valence-electron chi connectivity index (χ2n) is 7.14. The van der Waals surface area contributed by atoms with Crippen LogP contribution in [0.5, 0.6) is 5.75 Å². The van der Waals surface area contributed by atoms with Crippen LogP contribution in [-0.4, -0.2) is 67.5 Å². The molecule has 0 radical (unpaired) electrons. The summed E-state index contributed by atoms with van der Waals surface area (Å²) in [6.45, 7) is 5.99. The van der Waals surface area contributed by atoms with Gasteiger partial charge in [-0.15, -0.1) is 0 Å². The lowest BCUT2D eigenvalue weighted by molar-refractivity contribution is -0.134. The molecule has 6 heteroatoms. The van der Waals surface area contributed by atoms with Crippen molar-refractivity contribution in [1.29, 1.82) is 0 Å². The van der Waals surface area contributed by atoms with E-state index in [0.29, 0.717) is 19.4 Å². The first-order chi connectivity index (χ1) is 12.6. The second kappa shape index (κ2) is 8.43. The Morgan fingerprint density at radius 2 is 2.04 bits per heavy atom. The topological polar surface area (TPSA) is 53.1 Å². The van der Waals surface area contributed by atoms with Gasteiger partial charge in [0.2, 0.25) is 11.8 Å². The van der Waals surface area contributed by atoms with Gasteiger partial charge in [-0.3, -0.25) is 9.59 Å². The Morgan fingerprint density at radius 1 is 1.23 bits per heavy atom. The van der Waals surface area contributed by atoms with Gasteiger partial charge >= 0.3 is 0 Å². The van der Waals surface area contributed by atoms with Crippen molar-refractivity contribution in [3.8, 4) is 5.75 Å². The van der Waals surface area contributed by atoms with Gasteiger partial charge in [-0.1, -0.05) is 12.1 Å². The fourth-order valence-electron chi connectivity index (χ4n) is 3.94. The van der Waals surface area contributed by atoms with Crippen LogP contribution in [0.25, 0.3) is 0 Å². The number of benzene rings is 1. The Labute approximate surface area is 155 Å². The van der Waals surface area contributed by atoms with Crippen molar-refractivity contribution in [3.63, 3.8) is 0 Å². The summed E-state index contributed by atoms with van der Waals surface area (Å²) >= 11 is 0. The third kappa shape index (κ3) is 4.11. The lowest BCUT2D eigenvalue weighted by atomic mass is 10.1. The Bertz CT molecular complexity index is 649. The summed E-state index contributed by atoms with van der Waals surface area (Å²) in [5, 5.41) is 0. The maximum Gasteiger partial charge on any atom is 0.222 e.